The molecule has 0 atom stereocenters. The van der Waals surface area contributed by atoms with E-state index in [-0.39, 0.29) is 22.3 Å². The van der Waals surface area contributed by atoms with Crippen molar-refractivity contribution in [2.45, 2.75) is 13.1 Å². The number of rotatable bonds is 5. The van der Waals surface area contributed by atoms with Gasteiger partial charge in [0, 0.05) is 24.9 Å². The maximum atomic E-state index is 12.4. The van der Waals surface area contributed by atoms with Crippen LogP contribution in [0.3, 0.4) is 0 Å². The molecule has 4 aromatic carbocycles. The summed E-state index contributed by atoms with van der Waals surface area (Å²) in [5.74, 6) is 0. The Morgan fingerprint density at radius 2 is 1.16 bits per heavy atom. The van der Waals surface area contributed by atoms with Crippen molar-refractivity contribution in [1.29, 1.82) is 0 Å². The summed E-state index contributed by atoms with van der Waals surface area (Å²) >= 11 is 0. The van der Waals surface area contributed by atoms with E-state index < -0.39 is 15.5 Å². The zero-order chi connectivity index (χ0) is 30.8. The zero-order valence-electron chi connectivity index (χ0n) is 22.7. The van der Waals surface area contributed by atoms with E-state index in [1.807, 2.05) is 60.7 Å². The first-order chi connectivity index (χ1) is 20.8. The van der Waals surface area contributed by atoms with Gasteiger partial charge in [-0.2, -0.15) is 0 Å². The molecule has 0 spiro atoms. The molecule has 0 aliphatic carbocycles. The van der Waals surface area contributed by atoms with Gasteiger partial charge >= 0.3 is 5.63 Å². The third-order valence-corrected chi connectivity index (χ3v) is 6.38. The lowest BCUT2D eigenvalue weighted by Gasteiger charge is -2.07. The van der Waals surface area contributed by atoms with Crippen molar-refractivity contribution in [3.05, 3.63) is 174 Å². The Morgan fingerprint density at radius 1 is 0.628 bits per heavy atom. The number of nitro benzene ring substituents is 2. The summed E-state index contributed by atoms with van der Waals surface area (Å²) in [4.78, 5) is 44.2. The zero-order valence-corrected chi connectivity index (χ0v) is 22.7. The van der Waals surface area contributed by atoms with Gasteiger partial charge in [0.2, 0.25) is 0 Å². The molecule has 0 unspecified atom stereocenters. The van der Waals surface area contributed by atoms with Crippen LogP contribution in [-0.4, -0.2) is 14.4 Å². The highest BCUT2D eigenvalue weighted by Crippen LogP contribution is 2.23. The van der Waals surface area contributed by atoms with Crippen LogP contribution in [0.1, 0.15) is 11.1 Å². The lowest BCUT2D eigenvalue weighted by molar-refractivity contribution is -0.383. The van der Waals surface area contributed by atoms with Crippen molar-refractivity contribution in [2.75, 3.05) is 0 Å². The van der Waals surface area contributed by atoms with E-state index >= 15 is 0 Å². The predicted octanol–water partition coefficient (Wildman–Crippen LogP) is 5.80. The number of aromatic nitrogens is 1. The maximum absolute atomic E-state index is 12.4. The molecule has 0 saturated carbocycles. The molecule has 0 aliphatic heterocycles. The van der Waals surface area contributed by atoms with Crippen LogP contribution in [0.4, 0.5) is 11.4 Å². The summed E-state index contributed by atoms with van der Waals surface area (Å²) in [5, 5.41) is 22.9. The van der Waals surface area contributed by atoms with Gasteiger partial charge in [-0.15, -0.1) is 0 Å². The minimum Gasteiger partial charge on any atom is -0.431 e. The molecule has 0 saturated heterocycles. The highest BCUT2D eigenvalue weighted by molar-refractivity contribution is 5.90. The minimum atomic E-state index is -0.564. The van der Waals surface area contributed by atoms with Gasteiger partial charge in [-0.05, 0) is 35.4 Å². The van der Waals surface area contributed by atoms with E-state index in [0.717, 1.165) is 11.8 Å². The molecule has 0 fully saturated rings. The number of nitrogens with zero attached hydrogens (tertiary/aromatic N) is 3. The van der Waals surface area contributed by atoms with Crippen molar-refractivity contribution in [2.24, 2.45) is 5.73 Å². The van der Waals surface area contributed by atoms with Gasteiger partial charge in [0.15, 0.2) is 0 Å². The Labute approximate surface area is 244 Å². The van der Waals surface area contributed by atoms with E-state index in [9.17, 15) is 29.8 Å². The summed E-state index contributed by atoms with van der Waals surface area (Å²) in [7, 11) is 0. The van der Waals surface area contributed by atoms with Crippen LogP contribution in [0.25, 0.3) is 21.5 Å². The van der Waals surface area contributed by atoms with Crippen LogP contribution in [0, 0.1) is 20.2 Å². The minimum absolute atomic E-state index is 0.0449. The van der Waals surface area contributed by atoms with E-state index in [1.54, 1.807) is 22.9 Å². The van der Waals surface area contributed by atoms with E-state index in [4.69, 9.17) is 5.73 Å². The second-order valence-corrected chi connectivity index (χ2v) is 9.12. The molecular weight excluding hydrogens is 552 g/mol. The van der Waals surface area contributed by atoms with Gasteiger partial charge in [0.05, 0.1) is 44.2 Å². The van der Waals surface area contributed by atoms with Crippen LogP contribution >= 0.6 is 0 Å². The number of hydrogen-bond acceptors (Lipinski definition) is 8. The second-order valence-electron chi connectivity index (χ2n) is 9.12. The van der Waals surface area contributed by atoms with Gasteiger partial charge in [0.1, 0.15) is 0 Å². The molecule has 0 amide bonds. The Hall–Kier alpha value is -5.94. The van der Waals surface area contributed by atoms with Crippen molar-refractivity contribution >= 4 is 32.9 Å². The lowest BCUT2D eigenvalue weighted by Crippen LogP contribution is -2.20. The van der Waals surface area contributed by atoms with Gasteiger partial charge in [-0.1, -0.05) is 72.8 Å². The first kappa shape index (κ1) is 30.0. The summed E-state index contributed by atoms with van der Waals surface area (Å²) in [6.07, 6.45) is 2.75. The standard InChI is InChI=1S/C16H12N2O3.C9H5NO4.C7H9N/c19-16-14-7-4-8-15(18(20)21)13(14)9-10-17(16)11-12-5-2-1-3-6-12;11-9-7-2-1-3-8(10(12)13)6(7)4-5-14-9;8-6-7-4-2-1-3-5-7/h1-10H,11H2;1-5H;1-5H,6,8H2. The number of non-ortho nitro benzene ring substituents is 2. The van der Waals surface area contributed by atoms with E-state index in [2.05, 4.69) is 4.42 Å². The first-order valence-electron chi connectivity index (χ1n) is 13.0. The second kappa shape index (κ2) is 14.1. The number of nitro groups is 2. The third kappa shape index (κ3) is 7.43. The summed E-state index contributed by atoms with van der Waals surface area (Å²) < 4.78 is 6.15. The fraction of sp³-hybridized carbons (Fsp3) is 0.0625. The smallest absolute Gasteiger partial charge is 0.343 e. The highest BCUT2D eigenvalue weighted by Gasteiger charge is 2.14. The quantitative estimate of drug-likeness (QED) is 0.198. The van der Waals surface area contributed by atoms with Crippen molar-refractivity contribution in [1.82, 2.24) is 4.57 Å². The molecule has 43 heavy (non-hydrogen) atoms. The topological polar surface area (TPSA) is 165 Å². The van der Waals surface area contributed by atoms with Crippen LogP contribution < -0.4 is 16.9 Å². The average molecular weight is 579 g/mol. The predicted molar refractivity (Wildman–Crippen MR) is 164 cm³/mol. The first-order valence-corrected chi connectivity index (χ1v) is 13.0. The molecule has 6 rings (SSSR count). The molecule has 0 radical (unpaired) electrons. The van der Waals surface area contributed by atoms with Gasteiger partial charge in [0.25, 0.3) is 16.9 Å². The molecule has 2 heterocycles. The SMILES string of the molecule is NCc1ccccc1.O=c1c2cccc([N+](=O)[O-])c2ccn1Cc1ccccc1.O=c1occc2c([N+](=O)[O-])cccc12. The molecule has 11 nitrogen and oxygen atoms in total. The average Bonchev–Trinajstić information content (AvgIpc) is 3.03. The lowest BCUT2D eigenvalue weighted by atomic mass is 10.1. The molecule has 216 valence electrons. The molecule has 2 aromatic heterocycles. The summed E-state index contributed by atoms with van der Waals surface area (Å²) in [6, 6.07) is 31.5. The van der Waals surface area contributed by atoms with Crippen LogP contribution in [-0.2, 0) is 13.1 Å². The molecule has 0 aliphatic rings. The van der Waals surface area contributed by atoms with Gasteiger partial charge in [-0.25, -0.2) is 4.79 Å². The van der Waals surface area contributed by atoms with Crippen molar-refractivity contribution < 1.29 is 14.3 Å². The van der Waals surface area contributed by atoms with Gasteiger partial charge in [-0.3, -0.25) is 25.0 Å². The highest BCUT2D eigenvalue weighted by atomic mass is 16.6. The van der Waals surface area contributed by atoms with Crippen LogP contribution in [0.15, 0.2) is 136 Å². The summed E-state index contributed by atoms with van der Waals surface area (Å²) in [5.41, 5.74) is 6.62. The summed E-state index contributed by atoms with van der Waals surface area (Å²) in [6.45, 7) is 1.08. The molecule has 2 N–H and O–H groups in total. The van der Waals surface area contributed by atoms with Crippen molar-refractivity contribution in [3.63, 3.8) is 0 Å². The Kier molecular flexibility index (Phi) is 9.85. The fourth-order valence-corrected chi connectivity index (χ4v) is 4.27. The molecule has 11 heteroatoms. The molecule has 0 bridgehead atoms. The molecule has 6 aromatic rings. The van der Waals surface area contributed by atoms with Crippen molar-refractivity contribution in [3.8, 4) is 0 Å². The number of benzene rings is 4. The number of pyridine rings is 1. The Morgan fingerprint density at radius 3 is 1.70 bits per heavy atom. The van der Waals surface area contributed by atoms with Crippen LogP contribution in [0.2, 0.25) is 0 Å². The fourth-order valence-electron chi connectivity index (χ4n) is 4.27. The maximum Gasteiger partial charge on any atom is 0.343 e. The van der Waals surface area contributed by atoms with Crippen LogP contribution in [0.5, 0.6) is 0 Å². The number of fused-ring (bicyclic) bond motifs is 2. The van der Waals surface area contributed by atoms with Gasteiger partial charge < -0.3 is 14.7 Å². The van der Waals surface area contributed by atoms with E-state index in [0.29, 0.717) is 29.2 Å². The Bertz CT molecular complexity index is 1990. The normalized spacial score (nSPS) is 10.3. The Balaban J connectivity index is 0.000000165. The van der Waals surface area contributed by atoms with E-state index in [1.165, 1.54) is 42.0 Å². The number of hydrogen-bond donors (Lipinski definition) is 1. The number of nitrogens with two attached hydrogens (primary N) is 1. The monoisotopic (exact) mass is 578 g/mol. The third-order valence-electron chi connectivity index (χ3n) is 6.38. The molecular formula is C32H26N4O7. The largest absolute Gasteiger partial charge is 0.431 e.